The number of hydrogen-bond acceptors (Lipinski definition) is 4. The largest absolute Gasteiger partial charge is 0.446 e. The lowest BCUT2D eigenvalue weighted by atomic mass is 10.2. The number of nitrogens with zero attached hydrogens (tertiary/aromatic N) is 1. The fourth-order valence-electron chi connectivity index (χ4n) is 3.71. The quantitative estimate of drug-likeness (QED) is 0.708. The van der Waals surface area contributed by atoms with Crippen LogP contribution < -0.4 is 10.6 Å². The molecule has 3 fully saturated rings. The van der Waals surface area contributed by atoms with E-state index < -0.39 is 12.1 Å². The van der Waals surface area contributed by atoms with Crippen LogP contribution in [-0.4, -0.2) is 54.1 Å². The summed E-state index contributed by atoms with van der Waals surface area (Å²) in [6.07, 6.45) is 7.59. The maximum atomic E-state index is 12.4. The fourth-order valence-corrected chi connectivity index (χ4v) is 3.71. The van der Waals surface area contributed by atoms with Gasteiger partial charge in [0.05, 0.1) is 0 Å². The maximum Gasteiger partial charge on any atom is 0.407 e. The number of alkyl carbamates (subject to hydrolysis) is 1. The summed E-state index contributed by atoms with van der Waals surface area (Å²) in [7, 11) is 0. The summed E-state index contributed by atoms with van der Waals surface area (Å²) < 4.78 is 5.27. The Hall–Kier alpha value is -2.05. The zero-order valence-electron chi connectivity index (χ0n) is 14.5. The zero-order valence-corrected chi connectivity index (χ0v) is 14.5. The van der Waals surface area contributed by atoms with Crippen molar-refractivity contribution in [2.24, 2.45) is 5.92 Å². The number of amides is 3. The Morgan fingerprint density at radius 2 is 1.92 bits per heavy atom. The molecule has 7 nitrogen and oxygen atoms in total. The minimum absolute atomic E-state index is 0.0308. The third-order valence-electron chi connectivity index (χ3n) is 5.31. The first-order chi connectivity index (χ1) is 12.1. The maximum absolute atomic E-state index is 12.4. The standard InChI is InChI=1S/C18H27N3O4/c1-2-12-10-14(12)20-17(23)15-8-5-9-21(15)16(22)11-19-18(24)25-13-6-3-4-7-13/h2,12-15H,1,3-11H2,(H,19,24)(H,20,23)/t12-,14?,15?/m1/s1. The number of carbonyl (C=O) groups is 3. The molecule has 2 aliphatic carbocycles. The summed E-state index contributed by atoms with van der Waals surface area (Å²) >= 11 is 0. The Morgan fingerprint density at radius 1 is 1.16 bits per heavy atom. The smallest absolute Gasteiger partial charge is 0.407 e. The number of nitrogens with one attached hydrogen (secondary N) is 2. The molecule has 3 rings (SSSR count). The number of carbonyl (C=O) groups excluding carboxylic acids is 3. The fraction of sp³-hybridized carbons (Fsp3) is 0.722. The highest BCUT2D eigenvalue weighted by molar-refractivity contribution is 5.90. The van der Waals surface area contributed by atoms with Crippen LogP contribution in [0.2, 0.25) is 0 Å². The molecule has 2 saturated carbocycles. The highest BCUT2D eigenvalue weighted by Gasteiger charge is 2.40. The van der Waals surface area contributed by atoms with E-state index in [1.807, 2.05) is 6.08 Å². The van der Waals surface area contributed by atoms with E-state index in [9.17, 15) is 14.4 Å². The second-order valence-corrected chi connectivity index (χ2v) is 7.16. The van der Waals surface area contributed by atoms with E-state index in [4.69, 9.17) is 4.74 Å². The molecule has 0 aromatic heterocycles. The van der Waals surface area contributed by atoms with Crippen LogP contribution in [0.4, 0.5) is 4.79 Å². The molecule has 2 unspecified atom stereocenters. The molecule has 3 amide bonds. The molecule has 0 radical (unpaired) electrons. The minimum atomic E-state index is -0.549. The average Bonchev–Trinajstić information content (AvgIpc) is 3.00. The molecule has 3 aliphatic rings. The normalized spacial score (nSPS) is 28.5. The number of hydrogen-bond donors (Lipinski definition) is 2. The summed E-state index contributed by atoms with van der Waals surface area (Å²) in [5.41, 5.74) is 0. The van der Waals surface area contributed by atoms with Gasteiger partial charge >= 0.3 is 6.09 Å². The van der Waals surface area contributed by atoms with Crippen molar-refractivity contribution in [2.45, 2.75) is 63.1 Å². The van der Waals surface area contributed by atoms with Gasteiger partial charge in [-0.1, -0.05) is 6.08 Å². The van der Waals surface area contributed by atoms with E-state index in [1.54, 1.807) is 4.90 Å². The number of rotatable bonds is 6. The molecule has 1 saturated heterocycles. The van der Waals surface area contributed by atoms with E-state index in [0.29, 0.717) is 18.9 Å². The van der Waals surface area contributed by atoms with Crippen LogP contribution in [0.25, 0.3) is 0 Å². The molecule has 0 bridgehead atoms. The highest BCUT2D eigenvalue weighted by Crippen LogP contribution is 2.31. The van der Waals surface area contributed by atoms with E-state index in [1.165, 1.54) is 0 Å². The van der Waals surface area contributed by atoms with Crippen molar-refractivity contribution in [3.8, 4) is 0 Å². The van der Waals surface area contributed by atoms with Crippen molar-refractivity contribution in [1.82, 2.24) is 15.5 Å². The average molecular weight is 349 g/mol. The summed E-state index contributed by atoms with van der Waals surface area (Å²) in [5.74, 6) is 0.00681. The zero-order chi connectivity index (χ0) is 17.8. The van der Waals surface area contributed by atoms with Gasteiger partial charge in [0.15, 0.2) is 0 Å². The molecule has 25 heavy (non-hydrogen) atoms. The molecule has 0 aromatic carbocycles. The summed E-state index contributed by atoms with van der Waals surface area (Å²) in [6, 6.07) is -0.284. The first-order valence-electron chi connectivity index (χ1n) is 9.25. The first kappa shape index (κ1) is 17.8. The van der Waals surface area contributed by atoms with E-state index in [-0.39, 0.29) is 30.5 Å². The lowest BCUT2D eigenvalue weighted by molar-refractivity contribution is -0.137. The Morgan fingerprint density at radius 3 is 2.60 bits per heavy atom. The second-order valence-electron chi connectivity index (χ2n) is 7.16. The van der Waals surface area contributed by atoms with Gasteiger partial charge in [0.1, 0.15) is 18.7 Å². The van der Waals surface area contributed by atoms with Crippen molar-refractivity contribution >= 4 is 17.9 Å². The van der Waals surface area contributed by atoms with E-state index in [2.05, 4.69) is 17.2 Å². The van der Waals surface area contributed by atoms with Gasteiger partial charge in [-0.05, 0) is 50.9 Å². The molecular formula is C18H27N3O4. The lowest BCUT2D eigenvalue weighted by Crippen LogP contribution is -2.49. The summed E-state index contributed by atoms with van der Waals surface area (Å²) in [4.78, 5) is 38.1. The summed E-state index contributed by atoms with van der Waals surface area (Å²) in [5, 5.41) is 5.50. The topological polar surface area (TPSA) is 87.7 Å². The molecule has 3 atom stereocenters. The van der Waals surface area contributed by atoms with Gasteiger partial charge in [-0.2, -0.15) is 0 Å². The van der Waals surface area contributed by atoms with Crippen LogP contribution in [-0.2, 0) is 14.3 Å². The van der Waals surface area contributed by atoms with Gasteiger partial charge in [0.25, 0.3) is 0 Å². The molecule has 1 aliphatic heterocycles. The first-order valence-corrected chi connectivity index (χ1v) is 9.25. The Balaban J connectivity index is 1.43. The highest BCUT2D eigenvalue weighted by atomic mass is 16.6. The Bertz CT molecular complexity index is 544. The Kier molecular flexibility index (Phi) is 5.60. The summed E-state index contributed by atoms with van der Waals surface area (Å²) in [6.45, 7) is 4.15. The molecule has 1 heterocycles. The third-order valence-corrected chi connectivity index (χ3v) is 5.31. The van der Waals surface area contributed by atoms with Gasteiger partial charge < -0.3 is 20.3 Å². The van der Waals surface area contributed by atoms with Crippen LogP contribution in [0.3, 0.4) is 0 Å². The SMILES string of the molecule is C=C[C@@H]1CC1NC(=O)C1CCCN1C(=O)CNC(=O)OC1CCCC1. The van der Waals surface area contributed by atoms with E-state index >= 15 is 0 Å². The van der Waals surface area contributed by atoms with Crippen LogP contribution >= 0.6 is 0 Å². The van der Waals surface area contributed by atoms with Gasteiger partial charge in [-0.15, -0.1) is 6.58 Å². The molecule has 0 aromatic rings. The predicted octanol–water partition coefficient (Wildman–Crippen LogP) is 1.34. The van der Waals surface area contributed by atoms with Gasteiger partial charge in [-0.3, -0.25) is 9.59 Å². The molecule has 138 valence electrons. The van der Waals surface area contributed by atoms with Crippen molar-refractivity contribution in [3.63, 3.8) is 0 Å². The molecule has 2 N–H and O–H groups in total. The van der Waals surface area contributed by atoms with Crippen LogP contribution in [0.5, 0.6) is 0 Å². The lowest BCUT2D eigenvalue weighted by Gasteiger charge is -2.24. The van der Waals surface area contributed by atoms with Crippen LogP contribution in [0.1, 0.15) is 44.9 Å². The molecule has 7 heteroatoms. The van der Waals surface area contributed by atoms with Gasteiger partial charge in [-0.25, -0.2) is 4.79 Å². The van der Waals surface area contributed by atoms with E-state index in [0.717, 1.165) is 38.5 Å². The molecular weight excluding hydrogens is 322 g/mol. The van der Waals surface area contributed by atoms with Crippen molar-refractivity contribution in [3.05, 3.63) is 12.7 Å². The van der Waals surface area contributed by atoms with Gasteiger partial charge in [0.2, 0.25) is 11.8 Å². The Labute approximate surface area is 148 Å². The molecule has 0 spiro atoms. The third kappa shape index (κ3) is 4.52. The van der Waals surface area contributed by atoms with Crippen LogP contribution in [0.15, 0.2) is 12.7 Å². The van der Waals surface area contributed by atoms with Crippen LogP contribution in [0, 0.1) is 5.92 Å². The predicted molar refractivity (Wildman–Crippen MR) is 91.7 cm³/mol. The number of likely N-dealkylation sites (tertiary alicyclic amines) is 1. The number of ether oxygens (including phenoxy) is 1. The second kappa shape index (κ2) is 7.89. The van der Waals surface area contributed by atoms with Gasteiger partial charge in [0, 0.05) is 12.6 Å². The monoisotopic (exact) mass is 349 g/mol. The van der Waals surface area contributed by atoms with Crippen molar-refractivity contribution in [1.29, 1.82) is 0 Å². The van der Waals surface area contributed by atoms with Crippen molar-refractivity contribution < 1.29 is 19.1 Å². The minimum Gasteiger partial charge on any atom is -0.446 e. The van der Waals surface area contributed by atoms with Crippen molar-refractivity contribution in [2.75, 3.05) is 13.1 Å².